The second kappa shape index (κ2) is 5.31. The van der Waals surface area contributed by atoms with Crippen molar-refractivity contribution in [1.82, 2.24) is 4.90 Å². The minimum Gasteiger partial charge on any atom is -0.444 e. The first kappa shape index (κ1) is 14.6. The molecule has 4 heteroatoms. The second-order valence-corrected chi connectivity index (χ2v) is 7.16. The molecule has 0 spiro atoms. The molecule has 110 valence electrons. The van der Waals surface area contributed by atoms with E-state index >= 15 is 0 Å². The number of hydrogen-bond donors (Lipinski definition) is 1. The van der Waals surface area contributed by atoms with E-state index in [9.17, 15) is 4.79 Å². The third kappa shape index (κ3) is 3.22. The van der Waals surface area contributed by atoms with Gasteiger partial charge in [0.15, 0.2) is 0 Å². The van der Waals surface area contributed by atoms with E-state index in [4.69, 9.17) is 10.5 Å². The Labute approximate surface area is 116 Å². The first-order chi connectivity index (χ1) is 8.86. The third-order valence-corrected chi connectivity index (χ3v) is 4.79. The molecule has 1 saturated heterocycles. The third-order valence-electron chi connectivity index (χ3n) is 4.79. The molecule has 1 saturated carbocycles. The predicted octanol–water partition coefficient (Wildman–Crippen LogP) is 2.76. The summed E-state index contributed by atoms with van der Waals surface area (Å²) in [4.78, 5) is 13.9. The molecule has 2 rings (SSSR count). The summed E-state index contributed by atoms with van der Waals surface area (Å²) in [7, 11) is 0. The summed E-state index contributed by atoms with van der Waals surface area (Å²) in [5, 5.41) is 0. The number of hydrogen-bond acceptors (Lipinski definition) is 3. The number of carbonyl (C=O) groups is 1. The van der Waals surface area contributed by atoms with Crippen molar-refractivity contribution in [3.05, 3.63) is 0 Å². The van der Waals surface area contributed by atoms with E-state index < -0.39 is 5.60 Å². The number of nitrogens with two attached hydrogens (primary N) is 1. The van der Waals surface area contributed by atoms with Crippen LogP contribution in [0, 0.1) is 11.3 Å². The van der Waals surface area contributed by atoms with Crippen molar-refractivity contribution >= 4 is 6.09 Å². The molecular formula is C15H28N2O2. The van der Waals surface area contributed by atoms with Crippen LogP contribution in [0.15, 0.2) is 0 Å². The summed E-state index contributed by atoms with van der Waals surface area (Å²) >= 11 is 0. The van der Waals surface area contributed by atoms with Gasteiger partial charge < -0.3 is 15.4 Å². The lowest BCUT2D eigenvalue weighted by molar-refractivity contribution is -0.0106. The zero-order chi connectivity index (χ0) is 14.1. The molecule has 0 unspecified atom stereocenters. The van der Waals surface area contributed by atoms with E-state index in [-0.39, 0.29) is 11.5 Å². The summed E-state index contributed by atoms with van der Waals surface area (Å²) in [5.41, 5.74) is 5.92. The normalized spacial score (nSPS) is 23.9. The molecule has 0 atom stereocenters. The Morgan fingerprint density at radius 2 is 1.89 bits per heavy atom. The Kier molecular flexibility index (Phi) is 4.09. The Balaban J connectivity index is 1.89. The van der Waals surface area contributed by atoms with Gasteiger partial charge in [-0.25, -0.2) is 4.79 Å². The molecule has 0 radical (unpaired) electrons. The monoisotopic (exact) mass is 268 g/mol. The summed E-state index contributed by atoms with van der Waals surface area (Å²) in [6.45, 7) is 8.08. The fourth-order valence-electron chi connectivity index (χ4n) is 3.26. The van der Waals surface area contributed by atoms with Crippen molar-refractivity contribution in [2.75, 3.05) is 19.6 Å². The summed E-state index contributed by atoms with van der Waals surface area (Å²) < 4.78 is 5.44. The van der Waals surface area contributed by atoms with Crippen molar-refractivity contribution in [3.63, 3.8) is 0 Å². The zero-order valence-electron chi connectivity index (χ0n) is 12.6. The molecule has 19 heavy (non-hydrogen) atoms. The van der Waals surface area contributed by atoms with E-state index in [0.29, 0.717) is 0 Å². The molecule has 0 bridgehead atoms. The Hall–Kier alpha value is -0.770. The highest BCUT2D eigenvalue weighted by molar-refractivity contribution is 5.68. The van der Waals surface area contributed by atoms with Gasteiger partial charge in [-0.2, -0.15) is 0 Å². The largest absolute Gasteiger partial charge is 0.444 e. The lowest BCUT2D eigenvalue weighted by atomic mass is 9.61. The number of likely N-dealkylation sites (tertiary alicyclic amines) is 1. The van der Waals surface area contributed by atoms with E-state index in [1.165, 1.54) is 19.3 Å². The van der Waals surface area contributed by atoms with Gasteiger partial charge in [-0.3, -0.25) is 0 Å². The number of piperidine rings is 1. The highest BCUT2D eigenvalue weighted by atomic mass is 16.6. The van der Waals surface area contributed by atoms with Crippen LogP contribution in [0.4, 0.5) is 4.79 Å². The lowest BCUT2D eigenvalue weighted by Crippen LogP contribution is -2.51. The molecule has 0 aromatic heterocycles. The average Bonchev–Trinajstić information content (AvgIpc) is 2.25. The Morgan fingerprint density at radius 1 is 1.32 bits per heavy atom. The van der Waals surface area contributed by atoms with Gasteiger partial charge in [0.05, 0.1) is 0 Å². The van der Waals surface area contributed by atoms with Crippen molar-refractivity contribution in [2.24, 2.45) is 17.1 Å². The smallest absolute Gasteiger partial charge is 0.410 e. The first-order valence-electron chi connectivity index (χ1n) is 7.54. The molecule has 0 aromatic carbocycles. The first-order valence-corrected chi connectivity index (χ1v) is 7.54. The molecule has 2 aliphatic rings. The van der Waals surface area contributed by atoms with Crippen molar-refractivity contribution < 1.29 is 9.53 Å². The highest BCUT2D eigenvalue weighted by Gasteiger charge is 2.43. The molecule has 1 amide bonds. The number of ether oxygens (including phenoxy) is 1. The molecule has 1 aliphatic carbocycles. The minimum absolute atomic E-state index is 0.174. The van der Waals surface area contributed by atoms with Crippen LogP contribution in [0.5, 0.6) is 0 Å². The maximum absolute atomic E-state index is 12.0. The van der Waals surface area contributed by atoms with Crippen LogP contribution in [0.25, 0.3) is 0 Å². The van der Waals surface area contributed by atoms with Crippen LogP contribution in [0.1, 0.15) is 52.9 Å². The van der Waals surface area contributed by atoms with Gasteiger partial charge in [0.2, 0.25) is 0 Å². The van der Waals surface area contributed by atoms with Crippen molar-refractivity contribution in [3.8, 4) is 0 Å². The van der Waals surface area contributed by atoms with Gasteiger partial charge in [0.1, 0.15) is 5.60 Å². The summed E-state index contributed by atoms with van der Waals surface area (Å²) in [6, 6.07) is 0. The van der Waals surface area contributed by atoms with Crippen LogP contribution < -0.4 is 5.73 Å². The SMILES string of the molecule is CC(C)(C)OC(=O)N1CCC(CN)(C2CCC2)CC1. The maximum Gasteiger partial charge on any atom is 0.410 e. The van der Waals surface area contributed by atoms with Gasteiger partial charge in [-0.05, 0) is 64.3 Å². The molecule has 1 heterocycles. The highest BCUT2D eigenvalue weighted by Crippen LogP contribution is 2.47. The zero-order valence-corrected chi connectivity index (χ0v) is 12.6. The molecular weight excluding hydrogens is 240 g/mol. The molecule has 1 aliphatic heterocycles. The second-order valence-electron chi connectivity index (χ2n) is 7.16. The van der Waals surface area contributed by atoms with E-state index in [2.05, 4.69) is 0 Å². The lowest BCUT2D eigenvalue weighted by Gasteiger charge is -2.49. The fraction of sp³-hybridized carbons (Fsp3) is 0.933. The van der Waals surface area contributed by atoms with Crippen molar-refractivity contribution in [2.45, 2.75) is 58.5 Å². The topological polar surface area (TPSA) is 55.6 Å². The standard InChI is InChI=1S/C15H28N2O2/c1-14(2,3)19-13(18)17-9-7-15(11-16,8-10-17)12-5-4-6-12/h12H,4-11,16H2,1-3H3. The molecule has 0 aromatic rings. The number of rotatable bonds is 2. The molecule has 2 fully saturated rings. The fourth-order valence-corrected chi connectivity index (χ4v) is 3.26. The van der Waals surface area contributed by atoms with E-state index in [1.54, 1.807) is 0 Å². The van der Waals surface area contributed by atoms with Crippen molar-refractivity contribution in [1.29, 1.82) is 0 Å². The van der Waals surface area contributed by atoms with Crippen LogP contribution in [-0.2, 0) is 4.74 Å². The Bertz CT molecular complexity index is 324. The van der Waals surface area contributed by atoms with Crippen LogP contribution in [0.2, 0.25) is 0 Å². The molecule has 4 nitrogen and oxygen atoms in total. The average molecular weight is 268 g/mol. The minimum atomic E-state index is -0.409. The van der Waals surface area contributed by atoms with Gasteiger partial charge in [-0.1, -0.05) is 6.42 Å². The summed E-state index contributed by atoms with van der Waals surface area (Å²) in [6.07, 6.45) is 5.89. The van der Waals surface area contributed by atoms with Crippen LogP contribution in [0.3, 0.4) is 0 Å². The number of nitrogens with zero attached hydrogens (tertiary/aromatic N) is 1. The van der Waals surface area contributed by atoms with Gasteiger partial charge >= 0.3 is 6.09 Å². The van der Waals surface area contributed by atoms with Crippen LogP contribution in [-0.4, -0.2) is 36.2 Å². The Morgan fingerprint density at radius 3 is 2.26 bits per heavy atom. The van der Waals surface area contributed by atoms with Gasteiger partial charge in [-0.15, -0.1) is 0 Å². The number of amides is 1. The van der Waals surface area contributed by atoms with Gasteiger partial charge in [0, 0.05) is 13.1 Å². The predicted molar refractivity (Wildman–Crippen MR) is 75.9 cm³/mol. The molecule has 2 N–H and O–H groups in total. The van der Waals surface area contributed by atoms with Gasteiger partial charge in [0.25, 0.3) is 0 Å². The quantitative estimate of drug-likeness (QED) is 0.838. The maximum atomic E-state index is 12.0. The number of carbonyl (C=O) groups excluding carboxylic acids is 1. The summed E-state index contributed by atoms with van der Waals surface area (Å²) in [5.74, 6) is 0.790. The van der Waals surface area contributed by atoms with Crippen LogP contribution >= 0.6 is 0 Å². The van der Waals surface area contributed by atoms with E-state index in [1.807, 2.05) is 25.7 Å². The van der Waals surface area contributed by atoms with E-state index in [0.717, 1.165) is 38.4 Å².